The normalized spacial score (nSPS) is 12.4. The number of sulfonamides is 1. The molecule has 0 saturated heterocycles. The minimum atomic E-state index is -3.45. The monoisotopic (exact) mass is 260 g/mol. The summed E-state index contributed by atoms with van der Waals surface area (Å²) in [6.45, 7) is 6.72. The summed E-state index contributed by atoms with van der Waals surface area (Å²) in [6.07, 6.45) is 0. The molecule has 0 aliphatic carbocycles. The van der Waals surface area contributed by atoms with Crippen molar-refractivity contribution in [2.45, 2.75) is 32.2 Å². The standard InChI is InChI=1S/C11H20N2O3S/c1-6-12-7-10-8(2)16-9(3)11(10)17(14,15)13(4)5/h12H,6-7H2,1-5H3. The van der Waals surface area contributed by atoms with Gasteiger partial charge in [0.2, 0.25) is 10.0 Å². The molecule has 17 heavy (non-hydrogen) atoms. The van der Waals surface area contributed by atoms with Crippen LogP contribution in [0.1, 0.15) is 24.0 Å². The minimum Gasteiger partial charge on any atom is -0.465 e. The first-order valence-corrected chi connectivity index (χ1v) is 6.98. The summed E-state index contributed by atoms with van der Waals surface area (Å²) in [6, 6.07) is 0. The lowest BCUT2D eigenvalue weighted by Gasteiger charge is -2.12. The Morgan fingerprint density at radius 3 is 2.29 bits per heavy atom. The molecule has 1 aromatic rings. The quantitative estimate of drug-likeness (QED) is 0.865. The van der Waals surface area contributed by atoms with Gasteiger partial charge in [-0.15, -0.1) is 0 Å². The Morgan fingerprint density at radius 1 is 1.24 bits per heavy atom. The van der Waals surface area contributed by atoms with Crippen molar-refractivity contribution in [2.24, 2.45) is 0 Å². The minimum absolute atomic E-state index is 0.293. The van der Waals surface area contributed by atoms with Crippen LogP contribution in [0.15, 0.2) is 9.31 Å². The molecule has 1 rings (SSSR count). The lowest BCUT2D eigenvalue weighted by Crippen LogP contribution is -2.24. The van der Waals surface area contributed by atoms with Crippen molar-refractivity contribution < 1.29 is 12.8 Å². The van der Waals surface area contributed by atoms with E-state index in [9.17, 15) is 8.42 Å². The Kier molecular flexibility index (Phi) is 4.35. The van der Waals surface area contributed by atoms with E-state index < -0.39 is 10.0 Å². The molecule has 0 atom stereocenters. The zero-order valence-electron chi connectivity index (χ0n) is 11.0. The van der Waals surface area contributed by atoms with Crippen molar-refractivity contribution in [2.75, 3.05) is 20.6 Å². The summed E-state index contributed by atoms with van der Waals surface area (Å²) in [5.74, 6) is 1.10. The Labute approximate surface area is 103 Å². The van der Waals surface area contributed by atoms with E-state index in [1.54, 1.807) is 13.8 Å². The number of nitrogens with zero attached hydrogens (tertiary/aromatic N) is 1. The maximum atomic E-state index is 12.2. The molecule has 0 unspecified atom stereocenters. The van der Waals surface area contributed by atoms with E-state index in [4.69, 9.17) is 4.42 Å². The Hall–Kier alpha value is -0.850. The van der Waals surface area contributed by atoms with Crippen LogP contribution in [0.4, 0.5) is 0 Å². The average Bonchev–Trinajstić information content (AvgIpc) is 2.50. The molecule has 0 radical (unpaired) electrons. The molecule has 0 spiro atoms. The molecule has 0 aromatic carbocycles. The molecule has 0 aliphatic rings. The van der Waals surface area contributed by atoms with Gasteiger partial charge in [-0.25, -0.2) is 12.7 Å². The van der Waals surface area contributed by atoms with E-state index in [0.717, 1.165) is 12.1 Å². The van der Waals surface area contributed by atoms with Crippen LogP contribution in [-0.2, 0) is 16.6 Å². The second-order valence-electron chi connectivity index (χ2n) is 4.09. The highest BCUT2D eigenvalue weighted by molar-refractivity contribution is 7.89. The smallest absolute Gasteiger partial charge is 0.246 e. The first-order valence-electron chi connectivity index (χ1n) is 5.54. The number of nitrogens with one attached hydrogen (secondary N) is 1. The first kappa shape index (κ1) is 14.2. The highest BCUT2D eigenvalue weighted by Crippen LogP contribution is 2.28. The van der Waals surface area contributed by atoms with Crippen molar-refractivity contribution in [1.82, 2.24) is 9.62 Å². The maximum absolute atomic E-state index is 12.2. The highest BCUT2D eigenvalue weighted by Gasteiger charge is 2.28. The summed E-state index contributed by atoms with van der Waals surface area (Å²) in [7, 11) is -0.404. The second-order valence-corrected chi connectivity index (χ2v) is 6.18. The summed E-state index contributed by atoms with van der Waals surface area (Å²) in [5.41, 5.74) is 0.720. The molecule has 0 saturated carbocycles. The maximum Gasteiger partial charge on any atom is 0.246 e. The molecule has 1 heterocycles. The van der Waals surface area contributed by atoms with Gasteiger partial charge in [-0.1, -0.05) is 6.92 Å². The van der Waals surface area contributed by atoms with Gasteiger partial charge in [0.05, 0.1) is 0 Å². The van der Waals surface area contributed by atoms with Crippen LogP contribution in [0.5, 0.6) is 0 Å². The number of rotatable bonds is 5. The molecule has 0 aliphatic heterocycles. The van der Waals surface area contributed by atoms with Crippen LogP contribution in [0.25, 0.3) is 0 Å². The van der Waals surface area contributed by atoms with Gasteiger partial charge in [-0.05, 0) is 20.4 Å². The van der Waals surface area contributed by atoms with Gasteiger partial charge in [0, 0.05) is 26.2 Å². The fourth-order valence-corrected chi connectivity index (χ4v) is 2.98. The Morgan fingerprint density at radius 2 is 1.82 bits per heavy atom. The van der Waals surface area contributed by atoms with Crippen molar-refractivity contribution in [1.29, 1.82) is 0 Å². The van der Waals surface area contributed by atoms with E-state index in [0.29, 0.717) is 23.0 Å². The summed E-state index contributed by atoms with van der Waals surface area (Å²) in [4.78, 5) is 0.293. The highest BCUT2D eigenvalue weighted by atomic mass is 32.2. The van der Waals surface area contributed by atoms with Gasteiger partial charge < -0.3 is 9.73 Å². The lowest BCUT2D eigenvalue weighted by atomic mass is 10.2. The van der Waals surface area contributed by atoms with Crippen LogP contribution in [0.3, 0.4) is 0 Å². The van der Waals surface area contributed by atoms with Gasteiger partial charge in [0.15, 0.2) is 0 Å². The Balaban J connectivity index is 3.32. The van der Waals surface area contributed by atoms with E-state index in [1.165, 1.54) is 18.4 Å². The van der Waals surface area contributed by atoms with Crippen LogP contribution in [-0.4, -0.2) is 33.4 Å². The van der Waals surface area contributed by atoms with E-state index in [2.05, 4.69) is 5.32 Å². The topological polar surface area (TPSA) is 62.6 Å². The van der Waals surface area contributed by atoms with Gasteiger partial charge in [0.1, 0.15) is 16.4 Å². The third kappa shape index (κ3) is 2.70. The number of furan rings is 1. The molecule has 0 amide bonds. The third-order valence-corrected chi connectivity index (χ3v) is 4.63. The van der Waals surface area contributed by atoms with E-state index in [-0.39, 0.29) is 0 Å². The molecule has 1 aromatic heterocycles. The summed E-state index contributed by atoms with van der Waals surface area (Å²) >= 11 is 0. The number of hydrogen-bond acceptors (Lipinski definition) is 4. The van der Waals surface area contributed by atoms with Gasteiger partial charge in [0.25, 0.3) is 0 Å². The molecule has 0 fully saturated rings. The molecular formula is C11H20N2O3S. The predicted molar refractivity (Wildman–Crippen MR) is 66.4 cm³/mol. The zero-order valence-corrected chi connectivity index (χ0v) is 11.8. The fraction of sp³-hybridized carbons (Fsp3) is 0.636. The third-order valence-electron chi connectivity index (χ3n) is 2.62. The van der Waals surface area contributed by atoms with Crippen molar-refractivity contribution in [3.05, 3.63) is 17.1 Å². The second kappa shape index (κ2) is 5.20. The zero-order chi connectivity index (χ0) is 13.2. The summed E-state index contributed by atoms with van der Waals surface area (Å²) in [5, 5.41) is 3.13. The molecule has 5 nitrogen and oxygen atoms in total. The van der Waals surface area contributed by atoms with Crippen LogP contribution in [0, 0.1) is 13.8 Å². The van der Waals surface area contributed by atoms with E-state index >= 15 is 0 Å². The van der Waals surface area contributed by atoms with Crippen molar-refractivity contribution >= 4 is 10.0 Å². The van der Waals surface area contributed by atoms with Crippen LogP contribution >= 0.6 is 0 Å². The van der Waals surface area contributed by atoms with Gasteiger partial charge >= 0.3 is 0 Å². The van der Waals surface area contributed by atoms with Crippen molar-refractivity contribution in [3.63, 3.8) is 0 Å². The van der Waals surface area contributed by atoms with Gasteiger partial charge in [-0.2, -0.15) is 0 Å². The van der Waals surface area contributed by atoms with Crippen molar-refractivity contribution in [3.8, 4) is 0 Å². The largest absolute Gasteiger partial charge is 0.465 e. The molecule has 1 N–H and O–H groups in total. The van der Waals surface area contributed by atoms with Crippen LogP contribution in [0.2, 0.25) is 0 Å². The number of aryl methyl sites for hydroxylation is 2. The Bertz CT molecular complexity index is 489. The lowest BCUT2D eigenvalue weighted by molar-refractivity contribution is 0.487. The first-order chi connectivity index (χ1) is 7.82. The average molecular weight is 260 g/mol. The van der Waals surface area contributed by atoms with Gasteiger partial charge in [-0.3, -0.25) is 0 Å². The molecule has 0 bridgehead atoms. The molecule has 6 heteroatoms. The molecule has 98 valence electrons. The summed E-state index contributed by atoms with van der Waals surface area (Å²) < 4.78 is 31.0. The van der Waals surface area contributed by atoms with Crippen LogP contribution < -0.4 is 5.32 Å². The molecular weight excluding hydrogens is 240 g/mol. The fourth-order valence-electron chi connectivity index (χ4n) is 1.68. The SMILES string of the molecule is CCNCc1c(C)oc(C)c1S(=O)(=O)N(C)C. The number of hydrogen-bond donors (Lipinski definition) is 1. The predicted octanol–water partition coefficient (Wildman–Crippen LogP) is 1.26. The van der Waals surface area contributed by atoms with E-state index in [1.807, 2.05) is 6.92 Å².